The van der Waals surface area contributed by atoms with Crippen molar-refractivity contribution in [3.63, 3.8) is 0 Å². The van der Waals surface area contributed by atoms with Gasteiger partial charge in [-0.1, -0.05) is 6.42 Å². The fourth-order valence-corrected chi connectivity index (χ4v) is 1.36. The van der Waals surface area contributed by atoms with Crippen molar-refractivity contribution in [2.45, 2.75) is 31.8 Å². The number of rotatable bonds is 11. The number of carboxylic acid groups (broad SMARTS) is 1. The minimum absolute atomic E-state index is 0.0871. The van der Waals surface area contributed by atoms with Crippen LogP contribution in [-0.4, -0.2) is 51.1 Å². The first-order chi connectivity index (χ1) is 7.70. The summed E-state index contributed by atoms with van der Waals surface area (Å²) < 4.78 is 10.2. The molecular weight excluding hydrogens is 210 g/mol. The van der Waals surface area contributed by atoms with Gasteiger partial charge < -0.3 is 19.9 Å². The van der Waals surface area contributed by atoms with Crippen molar-refractivity contribution >= 4 is 5.97 Å². The maximum atomic E-state index is 10.2. The van der Waals surface area contributed by atoms with Gasteiger partial charge in [0.1, 0.15) is 0 Å². The van der Waals surface area contributed by atoms with Gasteiger partial charge >= 0.3 is 5.97 Å². The van der Waals surface area contributed by atoms with Crippen LogP contribution in [0.1, 0.15) is 25.7 Å². The van der Waals surface area contributed by atoms with Crippen molar-refractivity contribution < 1.29 is 19.4 Å². The van der Waals surface area contributed by atoms with Crippen molar-refractivity contribution in [2.75, 3.05) is 33.9 Å². The molecular formula is C11H23NO4. The molecule has 2 N–H and O–H groups in total. The zero-order valence-electron chi connectivity index (χ0n) is 10.2. The monoisotopic (exact) mass is 233 g/mol. The first kappa shape index (κ1) is 15.3. The highest BCUT2D eigenvalue weighted by Gasteiger charge is 2.05. The molecule has 5 nitrogen and oxygen atoms in total. The van der Waals surface area contributed by atoms with Crippen LogP contribution in [0.3, 0.4) is 0 Å². The largest absolute Gasteiger partial charge is 0.481 e. The summed E-state index contributed by atoms with van der Waals surface area (Å²) in [6, 6.07) is 0. The van der Waals surface area contributed by atoms with Crippen LogP contribution in [0, 0.1) is 0 Å². The van der Waals surface area contributed by atoms with Gasteiger partial charge in [0.05, 0.1) is 12.7 Å². The molecule has 0 heterocycles. The fourth-order valence-electron chi connectivity index (χ4n) is 1.36. The van der Waals surface area contributed by atoms with Gasteiger partial charge in [0.2, 0.25) is 0 Å². The summed E-state index contributed by atoms with van der Waals surface area (Å²) in [5, 5.41) is 11.7. The molecule has 0 spiro atoms. The van der Waals surface area contributed by atoms with E-state index in [1.165, 1.54) is 0 Å². The highest BCUT2D eigenvalue weighted by molar-refractivity contribution is 5.66. The summed E-state index contributed by atoms with van der Waals surface area (Å²) in [6.07, 6.45) is 3.05. The Bertz CT molecular complexity index is 175. The molecule has 0 aliphatic carbocycles. The van der Waals surface area contributed by atoms with E-state index in [0.717, 1.165) is 32.4 Å². The summed E-state index contributed by atoms with van der Waals surface area (Å²) >= 11 is 0. The third-order valence-corrected chi connectivity index (χ3v) is 2.30. The molecule has 0 radical (unpaired) electrons. The molecule has 0 rings (SSSR count). The standard InChI is InChI=1S/C11H23NO4/c1-15-9-10(16-2)8-12-7-5-3-4-6-11(13)14/h10,12H,3-9H2,1-2H3,(H,13,14). The molecule has 0 bridgehead atoms. The molecule has 0 saturated heterocycles. The third-order valence-electron chi connectivity index (χ3n) is 2.30. The van der Waals surface area contributed by atoms with E-state index in [1.807, 2.05) is 0 Å². The zero-order valence-corrected chi connectivity index (χ0v) is 10.2. The van der Waals surface area contributed by atoms with Gasteiger partial charge in [-0.2, -0.15) is 0 Å². The van der Waals surface area contributed by atoms with Crippen LogP contribution in [-0.2, 0) is 14.3 Å². The van der Waals surface area contributed by atoms with E-state index in [4.69, 9.17) is 14.6 Å². The quantitative estimate of drug-likeness (QED) is 0.519. The Kier molecular flexibility index (Phi) is 10.4. The van der Waals surface area contributed by atoms with E-state index >= 15 is 0 Å². The number of hydrogen-bond donors (Lipinski definition) is 2. The van der Waals surface area contributed by atoms with Crippen LogP contribution >= 0.6 is 0 Å². The first-order valence-electron chi connectivity index (χ1n) is 5.65. The number of nitrogens with one attached hydrogen (secondary N) is 1. The molecule has 0 aliphatic rings. The number of unbranched alkanes of at least 4 members (excludes halogenated alkanes) is 2. The summed E-state index contributed by atoms with van der Waals surface area (Å²) in [5.74, 6) is -0.715. The number of carbonyl (C=O) groups is 1. The van der Waals surface area contributed by atoms with Crippen LogP contribution in [0.15, 0.2) is 0 Å². The van der Waals surface area contributed by atoms with E-state index in [9.17, 15) is 4.79 Å². The Morgan fingerprint density at radius 2 is 2.06 bits per heavy atom. The number of carboxylic acids is 1. The number of ether oxygens (including phenoxy) is 2. The van der Waals surface area contributed by atoms with Crippen LogP contribution < -0.4 is 5.32 Å². The molecule has 0 amide bonds. The molecule has 1 atom stereocenters. The van der Waals surface area contributed by atoms with E-state index in [0.29, 0.717) is 6.61 Å². The van der Waals surface area contributed by atoms with Gasteiger partial charge in [0.15, 0.2) is 0 Å². The smallest absolute Gasteiger partial charge is 0.303 e. The van der Waals surface area contributed by atoms with Gasteiger partial charge in [-0.05, 0) is 19.4 Å². The molecule has 0 aliphatic heterocycles. The highest BCUT2D eigenvalue weighted by atomic mass is 16.5. The number of methoxy groups -OCH3 is 2. The fraction of sp³-hybridized carbons (Fsp3) is 0.909. The molecule has 1 unspecified atom stereocenters. The number of hydrogen-bond acceptors (Lipinski definition) is 4. The predicted molar refractivity (Wildman–Crippen MR) is 61.6 cm³/mol. The highest BCUT2D eigenvalue weighted by Crippen LogP contribution is 1.98. The van der Waals surface area contributed by atoms with Crippen molar-refractivity contribution in [2.24, 2.45) is 0 Å². The van der Waals surface area contributed by atoms with Crippen LogP contribution in [0.5, 0.6) is 0 Å². The van der Waals surface area contributed by atoms with Crippen LogP contribution in [0.4, 0.5) is 0 Å². The maximum absolute atomic E-state index is 10.2. The minimum atomic E-state index is -0.715. The molecule has 0 aromatic carbocycles. The molecule has 0 aromatic heterocycles. The van der Waals surface area contributed by atoms with Gasteiger partial charge in [-0.25, -0.2) is 0 Å². The summed E-state index contributed by atoms with van der Waals surface area (Å²) in [7, 11) is 3.32. The second-order valence-corrected chi connectivity index (χ2v) is 3.72. The molecule has 0 aromatic rings. The Balaban J connectivity index is 3.22. The summed E-state index contributed by atoms with van der Waals surface area (Å²) in [6.45, 7) is 2.25. The van der Waals surface area contributed by atoms with E-state index in [1.54, 1.807) is 14.2 Å². The van der Waals surface area contributed by atoms with Crippen molar-refractivity contribution in [3.8, 4) is 0 Å². The Hall–Kier alpha value is -0.650. The van der Waals surface area contributed by atoms with E-state index < -0.39 is 5.97 Å². The van der Waals surface area contributed by atoms with Crippen molar-refractivity contribution in [3.05, 3.63) is 0 Å². The van der Waals surface area contributed by atoms with Crippen LogP contribution in [0.25, 0.3) is 0 Å². The van der Waals surface area contributed by atoms with Gasteiger partial charge in [-0.15, -0.1) is 0 Å². The molecule has 0 saturated carbocycles. The summed E-state index contributed by atoms with van der Waals surface area (Å²) in [5.41, 5.74) is 0. The molecule has 0 fully saturated rings. The van der Waals surface area contributed by atoms with Crippen molar-refractivity contribution in [1.29, 1.82) is 0 Å². The average Bonchev–Trinajstić information content (AvgIpc) is 2.26. The second-order valence-electron chi connectivity index (χ2n) is 3.72. The van der Waals surface area contributed by atoms with Crippen molar-refractivity contribution in [1.82, 2.24) is 5.32 Å². The zero-order chi connectivity index (χ0) is 12.2. The first-order valence-corrected chi connectivity index (χ1v) is 5.65. The van der Waals surface area contributed by atoms with Gasteiger partial charge in [-0.3, -0.25) is 4.79 Å². The minimum Gasteiger partial charge on any atom is -0.481 e. The van der Waals surface area contributed by atoms with E-state index in [2.05, 4.69) is 5.32 Å². The lowest BCUT2D eigenvalue weighted by atomic mass is 10.2. The van der Waals surface area contributed by atoms with E-state index in [-0.39, 0.29) is 12.5 Å². The lowest BCUT2D eigenvalue weighted by Gasteiger charge is -2.14. The van der Waals surface area contributed by atoms with Gasteiger partial charge in [0.25, 0.3) is 0 Å². The molecule has 96 valence electrons. The SMILES string of the molecule is COCC(CNCCCCCC(=O)O)OC. The number of aliphatic carboxylic acids is 1. The third kappa shape index (κ3) is 9.89. The van der Waals surface area contributed by atoms with Gasteiger partial charge in [0, 0.05) is 27.2 Å². The molecule has 5 heteroatoms. The molecule has 16 heavy (non-hydrogen) atoms. The Morgan fingerprint density at radius 3 is 2.62 bits per heavy atom. The second kappa shape index (κ2) is 10.9. The van der Waals surface area contributed by atoms with Crippen LogP contribution in [0.2, 0.25) is 0 Å². The lowest BCUT2D eigenvalue weighted by molar-refractivity contribution is -0.137. The lowest BCUT2D eigenvalue weighted by Crippen LogP contribution is -2.32. The average molecular weight is 233 g/mol. The topological polar surface area (TPSA) is 67.8 Å². The predicted octanol–water partition coefficient (Wildman–Crippen LogP) is 0.882. The Labute approximate surface area is 97.1 Å². The normalized spacial score (nSPS) is 12.6. The summed E-state index contributed by atoms with van der Waals surface area (Å²) in [4.78, 5) is 10.2. The Morgan fingerprint density at radius 1 is 1.31 bits per heavy atom. The maximum Gasteiger partial charge on any atom is 0.303 e.